The van der Waals surface area contributed by atoms with Crippen molar-refractivity contribution in [2.24, 2.45) is 0 Å². The van der Waals surface area contributed by atoms with Gasteiger partial charge < -0.3 is 9.63 Å². The Balaban J connectivity index is 1.84. The zero-order valence-corrected chi connectivity index (χ0v) is 11.2. The average Bonchev–Trinajstić information content (AvgIpc) is 3.23. The second-order valence-corrected chi connectivity index (χ2v) is 5.86. The van der Waals surface area contributed by atoms with Gasteiger partial charge in [0, 0.05) is 12.0 Å². The molecule has 106 valence electrons. The first kappa shape index (κ1) is 11.2. The molecular weight excluding hydrogens is 270 g/mol. The Labute approximate surface area is 119 Å². The number of aromatic hydroxyl groups is 1. The van der Waals surface area contributed by atoms with Crippen LogP contribution in [0.2, 0.25) is 0 Å². The highest BCUT2D eigenvalue weighted by molar-refractivity contribution is 5.84. The van der Waals surface area contributed by atoms with Crippen molar-refractivity contribution in [1.82, 2.24) is 14.3 Å². The Bertz CT molecular complexity index is 933. The van der Waals surface area contributed by atoms with Gasteiger partial charge in [0.05, 0.1) is 11.1 Å². The molecule has 21 heavy (non-hydrogen) atoms. The molecule has 2 bridgehead atoms. The summed E-state index contributed by atoms with van der Waals surface area (Å²) in [5, 5.41) is 15.3. The SMILES string of the molecule is O=c1n(-c2noc3ccccc23)c(O)c2n1C1CCC2C1. The van der Waals surface area contributed by atoms with Crippen molar-refractivity contribution in [2.45, 2.75) is 31.2 Å². The molecule has 1 aliphatic carbocycles. The van der Waals surface area contributed by atoms with Crippen LogP contribution in [0, 0.1) is 0 Å². The number of imidazole rings is 1. The topological polar surface area (TPSA) is 73.2 Å². The van der Waals surface area contributed by atoms with Gasteiger partial charge >= 0.3 is 5.69 Å². The van der Waals surface area contributed by atoms with E-state index in [0.29, 0.717) is 17.3 Å². The molecule has 2 aromatic heterocycles. The molecule has 2 aliphatic rings. The Morgan fingerprint density at radius 2 is 2.14 bits per heavy atom. The maximum Gasteiger partial charge on any atom is 0.337 e. The molecule has 1 aliphatic heterocycles. The van der Waals surface area contributed by atoms with E-state index in [0.717, 1.165) is 30.3 Å². The zero-order valence-electron chi connectivity index (χ0n) is 11.2. The quantitative estimate of drug-likeness (QED) is 0.743. The van der Waals surface area contributed by atoms with E-state index in [2.05, 4.69) is 5.16 Å². The summed E-state index contributed by atoms with van der Waals surface area (Å²) in [7, 11) is 0. The van der Waals surface area contributed by atoms with Crippen LogP contribution in [-0.2, 0) is 0 Å². The number of fused-ring (bicyclic) bond motifs is 6. The van der Waals surface area contributed by atoms with Crippen LogP contribution in [0.25, 0.3) is 16.8 Å². The molecule has 1 saturated carbocycles. The Kier molecular flexibility index (Phi) is 1.91. The molecule has 0 spiro atoms. The van der Waals surface area contributed by atoms with Crippen molar-refractivity contribution in [2.75, 3.05) is 0 Å². The molecular formula is C15H13N3O3. The second kappa shape index (κ2) is 3.58. The summed E-state index contributed by atoms with van der Waals surface area (Å²) in [6.07, 6.45) is 3.03. The molecule has 1 fully saturated rings. The Hall–Kier alpha value is -2.50. The Morgan fingerprint density at radius 1 is 1.29 bits per heavy atom. The van der Waals surface area contributed by atoms with Gasteiger partial charge in [-0.3, -0.25) is 4.57 Å². The van der Waals surface area contributed by atoms with Gasteiger partial charge in [0.1, 0.15) is 0 Å². The molecule has 2 unspecified atom stereocenters. The lowest BCUT2D eigenvalue weighted by molar-refractivity contribution is 0.415. The fourth-order valence-corrected chi connectivity index (χ4v) is 3.92. The number of nitrogens with zero attached hydrogens (tertiary/aromatic N) is 3. The molecule has 0 amide bonds. The van der Waals surface area contributed by atoms with Crippen molar-refractivity contribution >= 4 is 11.0 Å². The number of para-hydroxylation sites is 1. The van der Waals surface area contributed by atoms with E-state index in [1.165, 1.54) is 4.57 Å². The third kappa shape index (κ3) is 1.23. The van der Waals surface area contributed by atoms with Crippen LogP contribution in [0.5, 0.6) is 5.88 Å². The van der Waals surface area contributed by atoms with Gasteiger partial charge in [0.2, 0.25) is 5.88 Å². The molecule has 6 nitrogen and oxygen atoms in total. The highest BCUT2D eigenvalue weighted by Gasteiger charge is 2.43. The Morgan fingerprint density at radius 3 is 3.00 bits per heavy atom. The van der Waals surface area contributed by atoms with Gasteiger partial charge in [-0.1, -0.05) is 17.3 Å². The zero-order chi connectivity index (χ0) is 14.1. The lowest BCUT2D eigenvalue weighted by atomic mass is 10.1. The standard InChI is InChI=1S/C15H13N3O3/c19-14-12-8-5-6-9(7-8)17(12)15(20)18(14)13-10-3-1-2-4-11(10)21-16-13/h1-4,8-9,19H,5-7H2. The maximum atomic E-state index is 12.7. The van der Waals surface area contributed by atoms with Crippen LogP contribution in [0.4, 0.5) is 0 Å². The van der Waals surface area contributed by atoms with Gasteiger partial charge in [-0.25, -0.2) is 9.36 Å². The third-order valence-electron chi connectivity index (χ3n) is 4.82. The summed E-state index contributed by atoms with van der Waals surface area (Å²) in [5.74, 6) is 0.683. The largest absolute Gasteiger partial charge is 0.493 e. The van der Waals surface area contributed by atoms with Gasteiger partial charge in [0.15, 0.2) is 11.4 Å². The summed E-state index contributed by atoms with van der Waals surface area (Å²) < 4.78 is 8.28. The fraction of sp³-hybridized carbons (Fsp3) is 0.333. The van der Waals surface area contributed by atoms with Crippen molar-refractivity contribution in [1.29, 1.82) is 0 Å². The number of rotatable bonds is 1. The van der Waals surface area contributed by atoms with Crippen LogP contribution in [-0.4, -0.2) is 19.4 Å². The normalized spacial score (nSPS) is 23.0. The van der Waals surface area contributed by atoms with Gasteiger partial charge in [-0.05, 0) is 31.4 Å². The van der Waals surface area contributed by atoms with Crippen LogP contribution >= 0.6 is 0 Å². The average molecular weight is 283 g/mol. The molecule has 0 radical (unpaired) electrons. The first-order valence-electron chi connectivity index (χ1n) is 7.16. The van der Waals surface area contributed by atoms with Crippen LogP contribution in [0.3, 0.4) is 0 Å². The summed E-state index contributed by atoms with van der Waals surface area (Å²) in [5.41, 5.74) is 1.16. The van der Waals surface area contributed by atoms with E-state index in [1.54, 1.807) is 10.6 Å². The van der Waals surface area contributed by atoms with Crippen molar-refractivity contribution in [3.8, 4) is 11.7 Å². The molecule has 1 N–H and O–H groups in total. The van der Waals surface area contributed by atoms with E-state index >= 15 is 0 Å². The first-order chi connectivity index (χ1) is 10.3. The minimum atomic E-state index is -0.214. The summed E-state index contributed by atoms with van der Waals surface area (Å²) in [4.78, 5) is 12.7. The molecule has 5 rings (SSSR count). The fourth-order valence-electron chi connectivity index (χ4n) is 3.92. The summed E-state index contributed by atoms with van der Waals surface area (Å²) >= 11 is 0. The molecule has 6 heteroatoms. The van der Waals surface area contributed by atoms with Crippen molar-refractivity contribution in [3.63, 3.8) is 0 Å². The number of hydrogen-bond donors (Lipinski definition) is 1. The van der Waals surface area contributed by atoms with Gasteiger partial charge in [0.25, 0.3) is 0 Å². The van der Waals surface area contributed by atoms with Crippen molar-refractivity contribution < 1.29 is 9.63 Å². The number of aromatic nitrogens is 3. The minimum Gasteiger partial charge on any atom is -0.493 e. The van der Waals surface area contributed by atoms with E-state index in [4.69, 9.17) is 4.52 Å². The minimum absolute atomic E-state index is 0.0197. The molecule has 3 aromatic rings. The molecule has 2 atom stereocenters. The van der Waals surface area contributed by atoms with Crippen molar-refractivity contribution in [3.05, 3.63) is 40.4 Å². The second-order valence-electron chi connectivity index (χ2n) is 5.86. The monoisotopic (exact) mass is 283 g/mol. The van der Waals surface area contributed by atoms with Crippen LogP contribution < -0.4 is 5.69 Å². The van der Waals surface area contributed by atoms with E-state index in [-0.39, 0.29) is 17.6 Å². The van der Waals surface area contributed by atoms with E-state index in [1.807, 2.05) is 18.2 Å². The highest BCUT2D eigenvalue weighted by Crippen LogP contribution is 2.51. The lowest BCUT2D eigenvalue weighted by Crippen LogP contribution is -2.25. The van der Waals surface area contributed by atoms with Crippen LogP contribution in [0.1, 0.15) is 36.9 Å². The molecule has 3 heterocycles. The third-order valence-corrected chi connectivity index (χ3v) is 4.82. The summed E-state index contributed by atoms with van der Waals surface area (Å²) in [6.45, 7) is 0. The van der Waals surface area contributed by atoms with Crippen LogP contribution in [0.15, 0.2) is 33.6 Å². The van der Waals surface area contributed by atoms with Gasteiger partial charge in [-0.15, -0.1) is 0 Å². The molecule has 1 aromatic carbocycles. The summed E-state index contributed by atoms with van der Waals surface area (Å²) in [6, 6.07) is 7.56. The highest BCUT2D eigenvalue weighted by atomic mass is 16.5. The predicted molar refractivity (Wildman–Crippen MR) is 74.9 cm³/mol. The number of benzene rings is 1. The lowest BCUT2D eigenvalue weighted by Gasteiger charge is -2.11. The first-order valence-corrected chi connectivity index (χ1v) is 7.16. The smallest absolute Gasteiger partial charge is 0.337 e. The number of hydrogen-bond acceptors (Lipinski definition) is 4. The van der Waals surface area contributed by atoms with E-state index < -0.39 is 0 Å². The van der Waals surface area contributed by atoms with E-state index in [9.17, 15) is 9.90 Å². The predicted octanol–water partition coefficient (Wildman–Crippen LogP) is 2.31. The maximum absolute atomic E-state index is 12.7. The molecule has 0 saturated heterocycles. The van der Waals surface area contributed by atoms with Gasteiger partial charge in [-0.2, -0.15) is 0 Å².